The Balaban J connectivity index is 1.36. The van der Waals surface area contributed by atoms with E-state index in [1.807, 2.05) is 24.3 Å². The second kappa shape index (κ2) is 8.78. The number of hydrogen-bond acceptors (Lipinski definition) is 2. The van der Waals surface area contributed by atoms with Crippen LogP contribution in [0.1, 0.15) is 65.9 Å². The van der Waals surface area contributed by atoms with Crippen molar-refractivity contribution in [3.8, 4) is 44.5 Å². The smallest absolute Gasteiger partial charge is 0.338 e. The van der Waals surface area contributed by atoms with Crippen molar-refractivity contribution in [1.82, 2.24) is 0 Å². The quantitative estimate of drug-likeness (QED) is 0.215. The fourth-order valence-electron chi connectivity index (χ4n) is 7.22. The van der Waals surface area contributed by atoms with E-state index >= 15 is 0 Å². The van der Waals surface area contributed by atoms with Crippen molar-refractivity contribution in [2.24, 2.45) is 0 Å². The molecule has 0 saturated carbocycles. The molecule has 41 heavy (non-hydrogen) atoms. The van der Waals surface area contributed by atoms with Crippen molar-refractivity contribution in [3.05, 3.63) is 130 Å². The average molecular weight is 535 g/mol. The van der Waals surface area contributed by atoms with Crippen molar-refractivity contribution in [2.45, 2.75) is 45.4 Å². The molecule has 2 aliphatic rings. The lowest BCUT2D eigenvalue weighted by Crippen LogP contribution is -2.17. The molecule has 0 amide bonds. The molecule has 2 aliphatic carbocycles. The normalized spacial score (nSPS) is 15.1. The molecule has 202 valence electrons. The van der Waals surface area contributed by atoms with Crippen LogP contribution in [0.2, 0.25) is 0 Å². The monoisotopic (exact) mass is 534 g/mol. The summed E-state index contributed by atoms with van der Waals surface area (Å²) in [4.78, 5) is 12.5. The van der Waals surface area contributed by atoms with Gasteiger partial charge in [-0.25, -0.2) is 4.79 Å². The highest BCUT2D eigenvalue weighted by Crippen LogP contribution is 2.56. The molecule has 0 saturated heterocycles. The Hall–Kier alpha value is -4.43. The van der Waals surface area contributed by atoms with Gasteiger partial charge in [0.25, 0.3) is 0 Å². The fourth-order valence-corrected chi connectivity index (χ4v) is 7.22. The summed E-state index contributed by atoms with van der Waals surface area (Å²) in [5, 5.41) is 0. The van der Waals surface area contributed by atoms with E-state index in [1.54, 1.807) is 0 Å². The van der Waals surface area contributed by atoms with E-state index in [9.17, 15) is 4.79 Å². The minimum atomic E-state index is -0.313. The van der Waals surface area contributed by atoms with Gasteiger partial charge in [0.2, 0.25) is 0 Å². The maximum atomic E-state index is 12.5. The summed E-state index contributed by atoms with van der Waals surface area (Å²) in [6.45, 7) is 11.6. The van der Waals surface area contributed by atoms with Crippen molar-refractivity contribution >= 4 is 5.97 Å². The van der Waals surface area contributed by atoms with Crippen molar-refractivity contribution < 1.29 is 9.53 Å². The molecule has 0 heterocycles. The van der Waals surface area contributed by atoms with E-state index < -0.39 is 0 Å². The number of fused-ring (bicyclic) bond motifs is 6. The molecule has 5 aromatic carbocycles. The zero-order valence-electron chi connectivity index (χ0n) is 24.6. The van der Waals surface area contributed by atoms with Crippen LogP contribution in [0.5, 0.6) is 0 Å². The van der Waals surface area contributed by atoms with Crippen LogP contribution < -0.4 is 0 Å². The molecule has 0 aliphatic heterocycles. The maximum absolute atomic E-state index is 12.5. The van der Waals surface area contributed by atoms with Crippen LogP contribution in [0.4, 0.5) is 0 Å². The first-order chi connectivity index (χ1) is 19.6. The van der Waals surface area contributed by atoms with Gasteiger partial charge in [-0.1, -0.05) is 94.4 Å². The van der Waals surface area contributed by atoms with Crippen LogP contribution in [0.25, 0.3) is 44.5 Å². The van der Waals surface area contributed by atoms with Gasteiger partial charge in [-0.15, -0.1) is 0 Å². The summed E-state index contributed by atoms with van der Waals surface area (Å²) in [7, 11) is 1.43. The van der Waals surface area contributed by atoms with Gasteiger partial charge in [0.1, 0.15) is 0 Å². The second-order valence-electron chi connectivity index (χ2n) is 12.6. The number of methoxy groups -OCH3 is 1. The van der Waals surface area contributed by atoms with E-state index in [0.29, 0.717) is 5.56 Å². The molecule has 2 heteroatoms. The highest BCUT2D eigenvalue weighted by Gasteiger charge is 2.42. The van der Waals surface area contributed by atoms with E-state index in [1.165, 1.54) is 68.3 Å². The summed E-state index contributed by atoms with van der Waals surface area (Å²) in [6, 6.07) is 34.9. The standard InChI is InChI=1S/C39H34O2/c1-23-11-7-8-12-26(23)24-15-17-28-31-21-36-32(22-35(31)38(2,3)33(28)19-24)29-18-16-25(20-34(29)39(36,4)5)27-13-9-10-14-30(27)37(40)41-6/h7-22H,1-6H3. The van der Waals surface area contributed by atoms with Crippen LogP contribution in [0, 0.1) is 6.92 Å². The molecule has 5 aromatic rings. The van der Waals surface area contributed by atoms with Gasteiger partial charge in [-0.3, -0.25) is 0 Å². The first-order valence-electron chi connectivity index (χ1n) is 14.4. The molecule has 7 rings (SSSR count). The number of ether oxygens (including phenoxy) is 1. The van der Waals surface area contributed by atoms with Gasteiger partial charge in [0, 0.05) is 10.8 Å². The van der Waals surface area contributed by atoms with E-state index in [-0.39, 0.29) is 16.8 Å². The molecule has 0 fully saturated rings. The van der Waals surface area contributed by atoms with Crippen molar-refractivity contribution in [1.29, 1.82) is 0 Å². The van der Waals surface area contributed by atoms with E-state index in [4.69, 9.17) is 4.74 Å². The van der Waals surface area contributed by atoms with Crippen molar-refractivity contribution in [3.63, 3.8) is 0 Å². The van der Waals surface area contributed by atoms with Gasteiger partial charge in [-0.05, 0) is 110 Å². The molecule has 0 radical (unpaired) electrons. The number of rotatable bonds is 3. The largest absolute Gasteiger partial charge is 0.465 e. The number of carbonyl (C=O) groups excluding carboxylic acids is 1. The molecule has 2 nitrogen and oxygen atoms in total. The summed E-state index contributed by atoms with van der Waals surface area (Å²) >= 11 is 0. The second-order valence-corrected chi connectivity index (χ2v) is 12.6. The fraction of sp³-hybridized carbons (Fsp3) is 0.205. The average Bonchev–Trinajstić information content (AvgIpc) is 3.34. The minimum absolute atomic E-state index is 0.106. The number of carbonyl (C=O) groups is 1. The van der Waals surface area contributed by atoms with Crippen LogP contribution >= 0.6 is 0 Å². The van der Waals surface area contributed by atoms with Crippen LogP contribution in [0.3, 0.4) is 0 Å². The third-order valence-corrected chi connectivity index (χ3v) is 9.57. The Morgan fingerprint density at radius 1 is 0.537 bits per heavy atom. The lowest BCUT2D eigenvalue weighted by Gasteiger charge is -2.24. The first kappa shape index (κ1) is 25.5. The zero-order valence-corrected chi connectivity index (χ0v) is 24.6. The topological polar surface area (TPSA) is 26.3 Å². The SMILES string of the molecule is COC(=O)c1ccccc1-c1ccc2c(c1)C(C)(C)c1cc3c(cc1-2)C(C)(C)c1cc(-c2ccccc2C)ccc1-3. The molecule has 0 spiro atoms. The first-order valence-corrected chi connectivity index (χ1v) is 14.4. The molecular formula is C39H34O2. The highest BCUT2D eigenvalue weighted by atomic mass is 16.5. The van der Waals surface area contributed by atoms with Crippen molar-refractivity contribution in [2.75, 3.05) is 7.11 Å². The Kier molecular flexibility index (Phi) is 5.47. The summed E-state index contributed by atoms with van der Waals surface area (Å²) in [5.74, 6) is -0.313. The zero-order chi connectivity index (χ0) is 28.7. The van der Waals surface area contributed by atoms with Crippen LogP contribution in [-0.4, -0.2) is 13.1 Å². The highest BCUT2D eigenvalue weighted by molar-refractivity contribution is 5.98. The number of aryl methyl sites for hydroxylation is 1. The minimum Gasteiger partial charge on any atom is -0.465 e. The molecular weight excluding hydrogens is 500 g/mol. The van der Waals surface area contributed by atoms with E-state index in [0.717, 1.165) is 11.1 Å². The predicted octanol–water partition coefficient (Wildman–Crippen LogP) is 9.73. The molecule has 0 aromatic heterocycles. The van der Waals surface area contributed by atoms with Gasteiger partial charge in [0.05, 0.1) is 12.7 Å². The summed E-state index contributed by atoms with van der Waals surface area (Å²) in [6.07, 6.45) is 0. The Morgan fingerprint density at radius 2 is 1.00 bits per heavy atom. The van der Waals surface area contributed by atoms with Gasteiger partial charge in [-0.2, -0.15) is 0 Å². The van der Waals surface area contributed by atoms with Crippen LogP contribution in [0.15, 0.2) is 97.1 Å². The summed E-state index contributed by atoms with van der Waals surface area (Å²) in [5.41, 5.74) is 16.8. The Labute approximate surface area is 242 Å². The third kappa shape index (κ3) is 3.60. The van der Waals surface area contributed by atoms with E-state index in [2.05, 4.69) is 107 Å². The lowest BCUT2D eigenvalue weighted by atomic mass is 9.79. The number of benzene rings is 5. The number of esters is 1. The predicted molar refractivity (Wildman–Crippen MR) is 169 cm³/mol. The molecule has 0 atom stereocenters. The third-order valence-electron chi connectivity index (χ3n) is 9.57. The number of hydrogen-bond donors (Lipinski definition) is 0. The molecule has 0 unspecified atom stereocenters. The Morgan fingerprint density at radius 3 is 1.54 bits per heavy atom. The van der Waals surface area contributed by atoms with Crippen LogP contribution in [-0.2, 0) is 15.6 Å². The van der Waals surface area contributed by atoms with Gasteiger partial charge < -0.3 is 4.74 Å². The van der Waals surface area contributed by atoms with Gasteiger partial charge >= 0.3 is 5.97 Å². The molecule has 0 bridgehead atoms. The molecule has 0 N–H and O–H groups in total. The van der Waals surface area contributed by atoms with Gasteiger partial charge in [0.15, 0.2) is 0 Å². The lowest BCUT2D eigenvalue weighted by molar-refractivity contribution is 0.0601. The summed E-state index contributed by atoms with van der Waals surface area (Å²) < 4.78 is 5.08. The maximum Gasteiger partial charge on any atom is 0.338 e. The Bertz CT molecular complexity index is 1900.